The van der Waals surface area contributed by atoms with Gasteiger partial charge in [-0.3, -0.25) is 9.78 Å². The first kappa shape index (κ1) is 17.3. The van der Waals surface area contributed by atoms with Crippen LogP contribution in [-0.2, 0) is 0 Å². The van der Waals surface area contributed by atoms with E-state index in [4.69, 9.17) is 9.47 Å². The molecule has 1 heterocycles. The Morgan fingerprint density at radius 1 is 1.07 bits per heavy atom. The molecular formula is C22H22N2O3. The Labute approximate surface area is 158 Å². The van der Waals surface area contributed by atoms with E-state index in [0.29, 0.717) is 22.7 Å². The summed E-state index contributed by atoms with van der Waals surface area (Å²) in [6.45, 7) is 0. The zero-order valence-electron chi connectivity index (χ0n) is 15.3. The minimum absolute atomic E-state index is 0.169. The zero-order chi connectivity index (χ0) is 18.6. The van der Waals surface area contributed by atoms with Gasteiger partial charge in [-0.1, -0.05) is 6.07 Å². The molecule has 0 atom stereocenters. The number of rotatable bonds is 5. The van der Waals surface area contributed by atoms with E-state index < -0.39 is 0 Å². The maximum atomic E-state index is 12.7. The summed E-state index contributed by atoms with van der Waals surface area (Å²) in [6, 6.07) is 14.8. The summed E-state index contributed by atoms with van der Waals surface area (Å²) in [6.07, 6.45) is 6.47. The van der Waals surface area contributed by atoms with Crippen molar-refractivity contribution in [2.75, 3.05) is 12.4 Å². The molecule has 1 aromatic heterocycles. The van der Waals surface area contributed by atoms with Gasteiger partial charge in [0.05, 0.1) is 18.7 Å². The fourth-order valence-electron chi connectivity index (χ4n) is 3.45. The number of nitrogens with one attached hydrogen (secondary N) is 1. The van der Waals surface area contributed by atoms with Gasteiger partial charge in [0, 0.05) is 28.9 Å². The van der Waals surface area contributed by atoms with E-state index in [1.807, 2.05) is 42.5 Å². The number of pyridine rings is 1. The molecule has 3 aromatic rings. The lowest BCUT2D eigenvalue weighted by molar-refractivity contribution is 0.102. The largest absolute Gasteiger partial charge is 0.493 e. The number of fused-ring (bicyclic) bond motifs is 1. The van der Waals surface area contributed by atoms with E-state index in [0.717, 1.165) is 23.7 Å². The first-order chi connectivity index (χ1) is 13.2. The Balaban J connectivity index is 1.54. The third kappa shape index (κ3) is 3.87. The number of aromatic nitrogens is 1. The van der Waals surface area contributed by atoms with Crippen molar-refractivity contribution >= 4 is 22.5 Å². The molecule has 1 saturated carbocycles. The maximum absolute atomic E-state index is 12.7. The predicted molar refractivity (Wildman–Crippen MR) is 106 cm³/mol. The SMILES string of the molecule is COc1ccc(NC(=O)c2ccc3ncccc3c2)cc1OC1CCCC1. The minimum Gasteiger partial charge on any atom is -0.493 e. The Hall–Kier alpha value is -3.08. The summed E-state index contributed by atoms with van der Waals surface area (Å²) in [5.74, 6) is 1.18. The summed E-state index contributed by atoms with van der Waals surface area (Å²) in [5, 5.41) is 3.88. The monoisotopic (exact) mass is 362 g/mol. The Morgan fingerprint density at radius 2 is 1.93 bits per heavy atom. The average Bonchev–Trinajstić information content (AvgIpc) is 3.21. The number of amides is 1. The molecule has 0 spiro atoms. The number of hydrogen-bond acceptors (Lipinski definition) is 4. The number of nitrogens with zero attached hydrogens (tertiary/aromatic N) is 1. The molecule has 1 fully saturated rings. The van der Waals surface area contributed by atoms with Crippen molar-refractivity contribution in [1.29, 1.82) is 0 Å². The number of hydrogen-bond donors (Lipinski definition) is 1. The van der Waals surface area contributed by atoms with Crippen LogP contribution in [0.1, 0.15) is 36.0 Å². The van der Waals surface area contributed by atoms with Crippen molar-refractivity contribution in [2.24, 2.45) is 0 Å². The molecule has 5 heteroatoms. The third-order valence-electron chi connectivity index (χ3n) is 4.88. The van der Waals surface area contributed by atoms with Crippen LogP contribution in [0.3, 0.4) is 0 Å². The van der Waals surface area contributed by atoms with E-state index >= 15 is 0 Å². The fourth-order valence-corrected chi connectivity index (χ4v) is 3.45. The number of benzene rings is 2. The number of ether oxygens (including phenoxy) is 2. The Morgan fingerprint density at radius 3 is 2.74 bits per heavy atom. The van der Waals surface area contributed by atoms with E-state index in [1.165, 1.54) is 12.8 Å². The van der Waals surface area contributed by atoms with E-state index in [2.05, 4.69) is 10.3 Å². The standard InChI is InChI=1S/C22H22N2O3/c1-26-20-11-9-17(14-21(20)27-18-6-2-3-7-18)24-22(25)16-8-10-19-15(13-16)5-4-12-23-19/h4-5,8-14,18H,2-3,6-7H2,1H3,(H,24,25). The zero-order valence-corrected chi connectivity index (χ0v) is 15.3. The molecule has 27 heavy (non-hydrogen) atoms. The minimum atomic E-state index is -0.169. The van der Waals surface area contributed by atoms with Gasteiger partial charge in [-0.2, -0.15) is 0 Å². The van der Waals surface area contributed by atoms with Crippen LogP contribution in [0.5, 0.6) is 11.5 Å². The molecule has 1 amide bonds. The van der Waals surface area contributed by atoms with Crippen LogP contribution in [0.2, 0.25) is 0 Å². The van der Waals surface area contributed by atoms with Crippen molar-refractivity contribution in [2.45, 2.75) is 31.8 Å². The molecule has 0 saturated heterocycles. The second-order valence-electron chi connectivity index (χ2n) is 6.75. The van der Waals surface area contributed by atoms with Crippen LogP contribution in [-0.4, -0.2) is 24.1 Å². The molecule has 5 nitrogen and oxygen atoms in total. The number of carbonyl (C=O) groups is 1. The molecule has 4 rings (SSSR count). The lowest BCUT2D eigenvalue weighted by atomic mass is 10.1. The van der Waals surface area contributed by atoms with Gasteiger partial charge in [0.15, 0.2) is 11.5 Å². The lowest BCUT2D eigenvalue weighted by Crippen LogP contribution is -2.14. The smallest absolute Gasteiger partial charge is 0.255 e. The summed E-state index contributed by atoms with van der Waals surface area (Å²) < 4.78 is 11.5. The molecule has 1 aliphatic rings. The highest BCUT2D eigenvalue weighted by Gasteiger charge is 2.19. The van der Waals surface area contributed by atoms with Gasteiger partial charge in [-0.25, -0.2) is 0 Å². The van der Waals surface area contributed by atoms with Crippen molar-refractivity contribution in [1.82, 2.24) is 4.98 Å². The molecule has 0 aliphatic heterocycles. The highest BCUT2D eigenvalue weighted by atomic mass is 16.5. The molecule has 0 unspecified atom stereocenters. The van der Waals surface area contributed by atoms with Crippen LogP contribution in [0.15, 0.2) is 54.7 Å². The molecule has 0 bridgehead atoms. The van der Waals surface area contributed by atoms with E-state index in [-0.39, 0.29) is 12.0 Å². The normalized spacial score (nSPS) is 14.3. The third-order valence-corrected chi connectivity index (χ3v) is 4.88. The van der Waals surface area contributed by atoms with Crippen molar-refractivity contribution in [3.05, 3.63) is 60.3 Å². The van der Waals surface area contributed by atoms with Crippen LogP contribution < -0.4 is 14.8 Å². The number of anilines is 1. The molecule has 2 aromatic carbocycles. The Kier molecular flexibility index (Phi) is 4.92. The molecule has 0 radical (unpaired) electrons. The lowest BCUT2D eigenvalue weighted by Gasteiger charge is -2.17. The second-order valence-corrected chi connectivity index (χ2v) is 6.75. The van der Waals surface area contributed by atoms with Crippen molar-refractivity contribution < 1.29 is 14.3 Å². The highest BCUT2D eigenvalue weighted by Crippen LogP contribution is 2.34. The van der Waals surface area contributed by atoms with Gasteiger partial charge >= 0.3 is 0 Å². The first-order valence-corrected chi connectivity index (χ1v) is 9.24. The van der Waals surface area contributed by atoms with Gasteiger partial charge in [0.1, 0.15) is 0 Å². The van der Waals surface area contributed by atoms with Gasteiger partial charge in [-0.05, 0) is 62.1 Å². The quantitative estimate of drug-likeness (QED) is 0.707. The van der Waals surface area contributed by atoms with Crippen molar-refractivity contribution in [3.63, 3.8) is 0 Å². The summed E-state index contributed by atoms with van der Waals surface area (Å²) in [5.41, 5.74) is 2.13. The van der Waals surface area contributed by atoms with Crippen LogP contribution in [0, 0.1) is 0 Å². The molecule has 1 N–H and O–H groups in total. The van der Waals surface area contributed by atoms with Gasteiger partial charge in [-0.15, -0.1) is 0 Å². The van der Waals surface area contributed by atoms with Crippen molar-refractivity contribution in [3.8, 4) is 11.5 Å². The maximum Gasteiger partial charge on any atom is 0.255 e. The fraction of sp³-hybridized carbons (Fsp3) is 0.273. The van der Waals surface area contributed by atoms with Gasteiger partial charge in [0.2, 0.25) is 0 Å². The average molecular weight is 362 g/mol. The first-order valence-electron chi connectivity index (χ1n) is 9.24. The number of methoxy groups -OCH3 is 1. The topological polar surface area (TPSA) is 60.5 Å². The molecular weight excluding hydrogens is 340 g/mol. The molecule has 138 valence electrons. The van der Waals surface area contributed by atoms with Gasteiger partial charge in [0.25, 0.3) is 5.91 Å². The summed E-state index contributed by atoms with van der Waals surface area (Å²) >= 11 is 0. The second kappa shape index (κ2) is 7.66. The Bertz CT molecular complexity index is 965. The summed E-state index contributed by atoms with van der Waals surface area (Å²) in [7, 11) is 1.62. The predicted octanol–water partition coefficient (Wildman–Crippen LogP) is 4.82. The number of carbonyl (C=O) groups excluding carboxylic acids is 1. The van der Waals surface area contributed by atoms with E-state index in [1.54, 1.807) is 19.4 Å². The van der Waals surface area contributed by atoms with E-state index in [9.17, 15) is 4.79 Å². The van der Waals surface area contributed by atoms with Crippen LogP contribution in [0.25, 0.3) is 10.9 Å². The van der Waals surface area contributed by atoms with Crippen LogP contribution in [0.4, 0.5) is 5.69 Å². The summed E-state index contributed by atoms with van der Waals surface area (Å²) in [4.78, 5) is 16.9. The highest BCUT2D eigenvalue weighted by molar-refractivity contribution is 6.06. The molecule has 1 aliphatic carbocycles. The van der Waals surface area contributed by atoms with Gasteiger partial charge < -0.3 is 14.8 Å². The van der Waals surface area contributed by atoms with Crippen LogP contribution >= 0.6 is 0 Å².